The molecule has 6 heteroatoms. The Morgan fingerprint density at radius 1 is 1.03 bits per heavy atom. The van der Waals surface area contributed by atoms with E-state index in [0.29, 0.717) is 22.9 Å². The van der Waals surface area contributed by atoms with E-state index in [2.05, 4.69) is 50.4 Å². The van der Waals surface area contributed by atoms with Gasteiger partial charge in [-0.25, -0.2) is 0 Å². The van der Waals surface area contributed by atoms with Gasteiger partial charge in [-0.15, -0.1) is 0 Å². The van der Waals surface area contributed by atoms with Gasteiger partial charge in [-0.3, -0.25) is 9.59 Å². The molecule has 33 heavy (non-hydrogen) atoms. The highest BCUT2D eigenvalue weighted by Crippen LogP contribution is 2.25. The molecule has 2 amide bonds. The van der Waals surface area contributed by atoms with Crippen LogP contribution in [0.1, 0.15) is 71.1 Å². The van der Waals surface area contributed by atoms with E-state index in [4.69, 9.17) is 23.2 Å². The van der Waals surface area contributed by atoms with Crippen molar-refractivity contribution in [3.63, 3.8) is 0 Å². The summed E-state index contributed by atoms with van der Waals surface area (Å²) in [6.07, 6.45) is 1.73. The third-order valence-corrected chi connectivity index (χ3v) is 6.56. The van der Waals surface area contributed by atoms with E-state index in [9.17, 15) is 9.59 Å². The summed E-state index contributed by atoms with van der Waals surface area (Å²) in [5.41, 5.74) is 3.19. The molecule has 0 spiro atoms. The number of rotatable bonds is 9. The van der Waals surface area contributed by atoms with Gasteiger partial charge in [0.05, 0.1) is 0 Å². The molecule has 0 aliphatic carbocycles. The van der Waals surface area contributed by atoms with Crippen molar-refractivity contribution in [2.45, 2.75) is 84.8 Å². The van der Waals surface area contributed by atoms with Crippen LogP contribution >= 0.6 is 23.2 Å². The van der Waals surface area contributed by atoms with Gasteiger partial charge in [0.2, 0.25) is 11.8 Å². The fourth-order valence-electron chi connectivity index (χ4n) is 3.45. The molecule has 0 heterocycles. The van der Waals surface area contributed by atoms with Crippen LogP contribution in [0.2, 0.25) is 10.0 Å². The van der Waals surface area contributed by atoms with Crippen LogP contribution in [0.25, 0.3) is 0 Å². The number of hydrogen-bond acceptors (Lipinski definition) is 2. The Labute approximate surface area is 208 Å². The van der Waals surface area contributed by atoms with Gasteiger partial charge < -0.3 is 10.2 Å². The Kier molecular flexibility index (Phi) is 9.81. The lowest BCUT2D eigenvalue weighted by Crippen LogP contribution is -2.49. The van der Waals surface area contributed by atoms with Crippen LogP contribution in [0.4, 0.5) is 0 Å². The Morgan fingerprint density at radius 3 is 2.21 bits per heavy atom. The lowest BCUT2D eigenvalue weighted by Gasteiger charge is -2.30. The number of carbonyl (C=O) groups is 2. The molecule has 2 rings (SSSR count). The minimum absolute atomic E-state index is 0.0392. The molecule has 2 aromatic carbocycles. The fraction of sp³-hybridized carbons (Fsp3) is 0.481. The van der Waals surface area contributed by atoms with Gasteiger partial charge >= 0.3 is 0 Å². The molecule has 2 atom stereocenters. The van der Waals surface area contributed by atoms with Crippen LogP contribution in [-0.2, 0) is 28.0 Å². The average Bonchev–Trinajstić information content (AvgIpc) is 2.76. The predicted molar refractivity (Wildman–Crippen MR) is 138 cm³/mol. The zero-order valence-electron chi connectivity index (χ0n) is 20.5. The van der Waals surface area contributed by atoms with E-state index in [1.165, 1.54) is 5.56 Å². The molecule has 0 unspecified atom stereocenters. The van der Waals surface area contributed by atoms with Crippen molar-refractivity contribution >= 4 is 35.0 Å². The van der Waals surface area contributed by atoms with Gasteiger partial charge in [-0.1, -0.05) is 81.2 Å². The number of benzene rings is 2. The van der Waals surface area contributed by atoms with Crippen LogP contribution < -0.4 is 5.32 Å². The Hall–Kier alpha value is -2.04. The Bertz CT molecular complexity index is 952. The average molecular weight is 492 g/mol. The van der Waals surface area contributed by atoms with Crippen molar-refractivity contribution in [1.82, 2.24) is 10.2 Å². The third kappa shape index (κ3) is 8.04. The maximum Gasteiger partial charge on any atom is 0.242 e. The first-order valence-corrected chi connectivity index (χ1v) is 12.3. The van der Waals surface area contributed by atoms with Gasteiger partial charge in [0, 0.05) is 29.1 Å². The molecule has 0 fully saturated rings. The van der Waals surface area contributed by atoms with Crippen LogP contribution in [0.15, 0.2) is 42.5 Å². The van der Waals surface area contributed by atoms with Crippen molar-refractivity contribution in [1.29, 1.82) is 0 Å². The van der Waals surface area contributed by atoms with Crippen molar-refractivity contribution in [2.75, 3.05) is 0 Å². The molecule has 4 nitrogen and oxygen atoms in total. The number of amides is 2. The first kappa shape index (κ1) is 27.2. The normalized spacial score (nSPS) is 13.3. The topological polar surface area (TPSA) is 49.4 Å². The molecule has 0 aliphatic heterocycles. The summed E-state index contributed by atoms with van der Waals surface area (Å²) in [7, 11) is 0. The number of nitrogens with zero attached hydrogens (tertiary/aromatic N) is 1. The van der Waals surface area contributed by atoms with E-state index < -0.39 is 6.04 Å². The lowest BCUT2D eigenvalue weighted by atomic mass is 9.86. The van der Waals surface area contributed by atoms with Gasteiger partial charge in [-0.2, -0.15) is 0 Å². The fourth-order valence-corrected chi connectivity index (χ4v) is 3.92. The maximum atomic E-state index is 13.3. The monoisotopic (exact) mass is 490 g/mol. The summed E-state index contributed by atoms with van der Waals surface area (Å²) in [5, 5.41) is 3.99. The minimum atomic E-state index is -0.624. The number of halogens is 2. The second-order valence-electron chi connectivity index (χ2n) is 9.70. The van der Waals surface area contributed by atoms with E-state index in [1.54, 1.807) is 30.0 Å². The molecule has 0 aliphatic rings. The zero-order chi connectivity index (χ0) is 24.8. The number of carbonyl (C=O) groups excluding carboxylic acids is 2. The van der Waals surface area contributed by atoms with Crippen LogP contribution in [0.5, 0.6) is 0 Å². The van der Waals surface area contributed by atoms with Gasteiger partial charge in [0.1, 0.15) is 6.04 Å². The number of hydrogen-bond donors (Lipinski definition) is 1. The lowest BCUT2D eigenvalue weighted by molar-refractivity contribution is -0.140. The van der Waals surface area contributed by atoms with Crippen LogP contribution in [0.3, 0.4) is 0 Å². The summed E-state index contributed by atoms with van der Waals surface area (Å²) in [6, 6.07) is 13.0. The highest BCUT2D eigenvalue weighted by Gasteiger charge is 2.27. The van der Waals surface area contributed by atoms with Crippen LogP contribution in [-0.4, -0.2) is 28.8 Å². The molecule has 180 valence electrons. The quantitative estimate of drug-likeness (QED) is 0.432. The standard InChI is InChI=1S/C27H36Cl2N2O2/c1-7-18(2)30-26(33)19(3)31(17-21-11-14-23(28)16-24(21)29)25(32)15-10-20-8-12-22(13-9-20)27(4,5)6/h8-9,11-14,16,18-19H,7,10,15,17H2,1-6H3,(H,30,33)/t18-,19+/m1/s1. The first-order chi connectivity index (χ1) is 15.4. The highest BCUT2D eigenvalue weighted by atomic mass is 35.5. The van der Waals surface area contributed by atoms with Crippen molar-refractivity contribution in [3.05, 3.63) is 69.2 Å². The highest BCUT2D eigenvalue weighted by molar-refractivity contribution is 6.35. The number of aryl methyl sites for hydroxylation is 1. The largest absolute Gasteiger partial charge is 0.352 e. The summed E-state index contributed by atoms with van der Waals surface area (Å²) in [5.74, 6) is -0.259. The van der Waals surface area contributed by atoms with Gasteiger partial charge in [0.25, 0.3) is 0 Å². The van der Waals surface area contributed by atoms with Crippen molar-refractivity contribution in [2.24, 2.45) is 0 Å². The zero-order valence-corrected chi connectivity index (χ0v) is 22.1. The third-order valence-electron chi connectivity index (χ3n) is 5.97. The smallest absolute Gasteiger partial charge is 0.242 e. The molecular weight excluding hydrogens is 455 g/mol. The van der Waals surface area contributed by atoms with Gasteiger partial charge in [0.15, 0.2) is 0 Å². The van der Waals surface area contributed by atoms with Crippen molar-refractivity contribution in [3.8, 4) is 0 Å². The first-order valence-electron chi connectivity index (χ1n) is 11.6. The maximum absolute atomic E-state index is 13.3. The van der Waals surface area contributed by atoms with E-state index in [0.717, 1.165) is 17.5 Å². The molecule has 0 aromatic heterocycles. The summed E-state index contributed by atoms with van der Waals surface area (Å²) >= 11 is 12.4. The van der Waals surface area contributed by atoms with E-state index in [1.807, 2.05) is 13.8 Å². The van der Waals surface area contributed by atoms with Crippen LogP contribution in [0, 0.1) is 0 Å². The van der Waals surface area contributed by atoms with E-state index in [-0.39, 0.29) is 29.8 Å². The summed E-state index contributed by atoms with van der Waals surface area (Å²) in [4.78, 5) is 27.7. The van der Waals surface area contributed by atoms with E-state index >= 15 is 0 Å². The second kappa shape index (κ2) is 11.9. The molecule has 0 radical (unpaired) electrons. The molecule has 2 aromatic rings. The molecule has 1 N–H and O–H groups in total. The second-order valence-corrected chi connectivity index (χ2v) is 10.5. The van der Waals surface area contributed by atoms with Gasteiger partial charge in [-0.05, 0) is 60.9 Å². The Morgan fingerprint density at radius 2 is 1.67 bits per heavy atom. The summed E-state index contributed by atoms with van der Waals surface area (Å²) < 4.78 is 0. The summed E-state index contributed by atoms with van der Waals surface area (Å²) in [6.45, 7) is 12.5. The molecule has 0 saturated carbocycles. The minimum Gasteiger partial charge on any atom is -0.352 e. The molecule has 0 bridgehead atoms. The predicted octanol–water partition coefficient (Wildman–Crippen LogP) is 6.56. The number of nitrogens with one attached hydrogen (secondary N) is 1. The molecule has 0 saturated heterocycles. The van der Waals surface area contributed by atoms with Crippen molar-refractivity contribution < 1.29 is 9.59 Å². The SMILES string of the molecule is CC[C@@H](C)NC(=O)[C@H](C)N(Cc1ccc(Cl)cc1Cl)C(=O)CCc1ccc(C(C)(C)C)cc1. The Balaban J connectivity index is 2.18. The molecular formula is C27H36Cl2N2O2.